The molecule has 25 heavy (non-hydrogen) atoms. The molecule has 126 valence electrons. The first-order valence-electron chi connectivity index (χ1n) is 7.49. The zero-order valence-corrected chi connectivity index (χ0v) is 14.2. The highest BCUT2D eigenvalue weighted by Crippen LogP contribution is 2.24. The van der Waals surface area contributed by atoms with Crippen LogP contribution >= 0.6 is 11.8 Å². The standard InChI is InChI=1S/C18H15N3O3S/c1-24-17(23)13-7-4-6-12(9-13)15-8-3-2-5-14(15)10-19-21-18-20-16(22)11-25-18/h2-10H,11H2,1H3,(H,20,21,22). The second-order valence-electron chi connectivity index (χ2n) is 5.15. The average molecular weight is 353 g/mol. The van der Waals surface area contributed by atoms with Crippen LogP contribution in [0.5, 0.6) is 0 Å². The Balaban J connectivity index is 1.89. The van der Waals surface area contributed by atoms with Crippen molar-refractivity contribution in [2.24, 2.45) is 10.2 Å². The first-order valence-corrected chi connectivity index (χ1v) is 8.47. The lowest BCUT2D eigenvalue weighted by atomic mass is 9.98. The highest BCUT2D eigenvalue weighted by Gasteiger charge is 2.16. The molecular weight excluding hydrogens is 338 g/mol. The summed E-state index contributed by atoms with van der Waals surface area (Å²) in [7, 11) is 1.36. The lowest BCUT2D eigenvalue weighted by Gasteiger charge is -2.07. The Bertz CT molecular complexity index is 877. The van der Waals surface area contributed by atoms with Crippen LogP contribution in [-0.2, 0) is 9.53 Å². The van der Waals surface area contributed by atoms with Crippen molar-refractivity contribution >= 4 is 35.0 Å². The zero-order chi connectivity index (χ0) is 17.6. The summed E-state index contributed by atoms with van der Waals surface area (Å²) in [4.78, 5) is 22.9. The Morgan fingerprint density at radius 3 is 2.84 bits per heavy atom. The third kappa shape index (κ3) is 4.13. The van der Waals surface area contributed by atoms with Gasteiger partial charge in [0.15, 0.2) is 5.17 Å². The van der Waals surface area contributed by atoms with E-state index >= 15 is 0 Å². The largest absolute Gasteiger partial charge is 0.465 e. The van der Waals surface area contributed by atoms with Gasteiger partial charge in [0, 0.05) is 5.56 Å². The van der Waals surface area contributed by atoms with Gasteiger partial charge in [-0.2, -0.15) is 5.10 Å². The van der Waals surface area contributed by atoms with Crippen LogP contribution in [0, 0.1) is 0 Å². The molecule has 0 atom stereocenters. The van der Waals surface area contributed by atoms with E-state index in [2.05, 4.69) is 15.5 Å². The molecule has 0 aliphatic carbocycles. The molecule has 3 rings (SSSR count). The maximum atomic E-state index is 11.7. The lowest BCUT2D eigenvalue weighted by molar-refractivity contribution is -0.116. The molecule has 1 saturated heterocycles. The van der Waals surface area contributed by atoms with Crippen molar-refractivity contribution < 1.29 is 14.3 Å². The van der Waals surface area contributed by atoms with E-state index in [0.717, 1.165) is 16.7 Å². The number of hydrogen-bond acceptors (Lipinski definition) is 6. The predicted molar refractivity (Wildman–Crippen MR) is 98.8 cm³/mol. The second-order valence-corrected chi connectivity index (χ2v) is 6.11. The number of carbonyl (C=O) groups excluding carboxylic acids is 2. The highest BCUT2D eigenvalue weighted by molar-refractivity contribution is 8.15. The van der Waals surface area contributed by atoms with E-state index in [1.165, 1.54) is 18.9 Å². The monoisotopic (exact) mass is 353 g/mol. The Morgan fingerprint density at radius 1 is 1.24 bits per heavy atom. The van der Waals surface area contributed by atoms with Crippen molar-refractivity contribution in [2.75, 3.05) is 12.9 Å². The molecule has 1 N–H and O–H groups in total. The summed E-state index contributed by atoms with van der Waals surface area (Å²) in [6, 6.07) is 14.9. The molecule has 0 bridgehead atoms. The number of carbonyl (C=O) groups is 2. The van der Waals surface area contributed by atoms with Crippen LogP contribution in [0.3, 0.4) is 0 Å². The molecule has 0 unspecified atom stereocenters. The highest BCUT2D eigenvalue weighted by atomic mass is 32.2. The van der Waals surface area contributed by atoms with Crippen LogP contribution in [0.15, 0.2) is 58.7 Å². The molecule has 7 heteroatoms. The van der Waals surface area contributed by atoms with Crippen LogP contribution < -0.4 is 5.32 Å². The maximum Gasteiger partial charge on any atom is 0.337 e. The van der Waals surface area contributed by atoms with Crippen molar-refractivity contribution in [1.29, 1.82) is 0 Å². The number of amides is 1. The second kappa shape index (κ2) is 7.76. The number of thioether (sulfide) groups is 1. The van der Waals surface area contributed by atoms with Crippen LogP contribution in [0.1, 0.15) is 15.9 Å². The third-order valence-corrected chi connectivity index (χ3v) is 4.35. The summed E-state index contributed by atoms with van der Waals surface area (Å²) in [5, 5.41) is 11.2. The third-order valence-electron chi connectivity index (χ3n) is 3.49. The van der Waals surface area contributed by atoms with E-state index in [1.54, 1.807) is 24.4 Å². The van der Waals surface area contributed by atoms with Crippen LogP contribution in [0.2, 0.25) is 0 Å². The number of amidine groups is 1. The molecular formula is C18H15N3O3S. The van der Waals surface area contributed by atoms with E-state index in [0.29, 0.717) is 16.5 Å². The van der Waals surface area contributed by atoms with E-state index in [4.69, 9.17) is 4.74 Å². The fourth-order valence-corrected chi connectivity index (χ4v) is 2.96. The number of hydrogen-bond donors (Lipinski definition) is 1. The summed E-state index contributed by atoms with van der Waals surface area (Å²) in [6.07, 6.45) is 1.62. The van der Waals surface area contributed by atoms with Gasteiger partial charge in [-0.15, -0.1) is 5.10 Å². The van der Waals surface area contributed by atoms with Crippen LogP contribution in [0.25, 0.3) is 11.1 Å². The fraction of sp³-hybridized carbons (Fsp3) is 0.111. The topological polar surface area (TPSA) is 80.1 Å². The number of methoxy groups -OCH3 is 1. The van der Waals surface area contributed by atoms with E-state index in [9.17, 15) is 9.59 Å². The quantitative estimate of drug-likeness (QED) is 0.521. The molecule has 0 spiro atoms. The molecule has 1 heterocycles. The maximum absolute atomic E-state index is 11.7. The first kappa shape index (κ1) is 16.9. The minimum atomic E-state index is -0.381. The SMILES string of the molecule is COC(=O)c1cccc(-c2ccccc2C=NN=C2NC(=O)CS2)c1. The van der Waals surface area contributed by atoms with Crippen molar-refractivity contribution in [3.05, 3.63) is 59.7 Å². The smallest absolute Gasteiger partial charge is 0.337 e. The molecule has 1 fully saturated rings. The van der Waals surface area contributed by atoms with E-state index in [1.807, 2.05) is 30.3 Å². The summed E-state index contributed by atoms with van der Waals surface area (Å²) in [5.41, 5.74) is 3.13. The molecule has 1 aliphatic rings. The Morgan fingerprint density at radius 2 is 2.08 bits per heavy atom. The van der Waals surface area contributed by atoms with Crippen molar-refractivity contribution in [3.8, 4) is 11.1 Å². The Labute approximate surface area is 149 Å². The zero-order valence-electron chi connectivity index (χ0n) is 13.4. The van der Waals surface area contributed by atoms with Gasteiger partial charge >= 0.3 is 5.97 Å². The van der Waals surface area contributed by atoms with E-state index < -0.39 is 0 Å². The number of rotatable bonds is 4. The van der Waals surface area contributed by atoms with Crippen molar-refractivity contribution in [2.45, 2.75) is 0 Å². The molecule has 0 radical (unpaired) electrons. The van der Waals surface area contributed by atoms with Crippen molar-refractivity contribution in [1.82, 2.24) is 5.32 Å². The van der Waals surface area contributed by atoms with Crippen LogP contribution in [0.4, 0.5) is 0 Å². The molecule has 0 saturated carbocycles. The van der Waals surface area contributed by atoms with Gasteiger partial charge in [-0.05, 0) is 23.3 Å². The van der Waals surface area contributed by atoms with Crippen LogP contribution in [-0.4, -0.2) is 36.1 Å². The predicted octanol–water partition coefficient (Wildman–Crippen LogP) is 2.69. The molecule has 6 nitrogen and oxygen atoms in total. The van der Waals surface area contributed by atoms with Gasteiger partial charge in [-0.1, -0.05) is 48.2 Å². The van der Waals surface area contributed by atoms with Gasteiger partial charge in [0.1, 0.15) is 0 Å². The minimum absolute atomic E-state index is 0.0704. The van der Waals surface area contributed by atoms with Gasteiger partial charge in [0.2, 0.25) is 5.91 Å². The molecule has 1 amide bonds. The lowest BCUT2D eigenvalue weighted by Crippen LogP contribution is -2.19. The number of nitrogens with zero attached hydrogens (tertiary/aromatic N) is 2. The van der Waals surface area contributed by atoms with Gasteiger partial charge in [-0.3, -0.25) is 4.79 Å². The number of esters is 1. The van der Waals surface area contributed by atoms with Gasteiger partial charge in [-0.25, -0.2) is 4.79 Å². The summed E-state index contributed by atoms with van der Waals surface area (Å²) < 4.78 is 4.77. The average Bonchev–Trinajstić information content (AvgIpc) is 3.07. The normalized spacial score (nSPS) is 15.6. The summed E-state index contributed by atoms with van der Waals surface area (Å²) in [5.74, 6) is -0.0852. The molecule has 1 aliphatic heterocycles. The first-order chi connectivity index (χ1) is 12.2. The fourth-order valence-electron chi connectivity index (χ4n) is 2.33. The summed E-state index contributed by atoms with van der Waals surface area (Å²) >= 11 is 1.32. The Kier molecular flexibility index (Phi) is 5.25. The van der Waals surface area contributed by atoms with Crippen molar-refractivity contribution in [3.63, 3.8) is 0 Å². The number of benzene rings is 2. The van der Waals surface area contributed by atoms with Gasteiger partial charge < -0.3 is 10.1 Å². The van der Waals surface area contributed by atoms with Gasteiger partial charge in [0.05, 0.1) is 24.6 Å². The minimum Gasteiger partial charge on any atom is -0.465 e. The molecule has 2 aromatic carbocycles. The summed E-state index contributed by atoms with van der Waals surface area (Å²) in [6.45, 7) is 0. The molecule has 0 aromatic heterocycles. The Hall–Kier alpha value is -2.93. The number of ether oxygens (including phenoxy) is 1. The molecule has 2 aromatic rings. The number of nitrogens with one attached hydrogen (secondary N) is 1. The van der Waals surface area contributed by atoms with E-state index in [-0.39, 0.29) is 11.9 Å². The van der Waals surface area contributed by atoms with Gasteiger partial charge in [0.25, 0.3) is 0 Å².